The maximum Gasteiger partial charge on any atom is 0.494 e. The van der Waals surface area contributed by atoms with E-state index in [1.165, 1.54) is 0 Å². The van der Waals surface area contributed by atoms with Crippen LogP contribution in [0.25, 0.3) is 0 Å². The van der Waals surface area contributed by atoms with Gasteiger partial charge in [0.25, 0.3) is 0 Å². The summed E-state index contributed by atoms with van der Waals surface area (Å²) in [5.41, 5.74) is -0.0946. The molecular formula is C13H24N2O4. The van der Waals surface area contributed by atoms with Gasteiger partial charge in [-0.3, -0.25) is 4.79 Å². The van der Waals surface area contributed by atoms with E-state index in [0.29, 0.717) is 23.3 Å². The lowest BCUT2D eigenvalue weighted by atomic mass is 9.91. The summed E-state index contributed by atoms with van der Waals surface area (Å²) in [6.07, 6.45) is 1.19. The number of urea groups is 1. The van der Waals surface area contributed by atoms with Gasteiger partial charge >= 0.3 is 12.0 Å². The lowest BCUT2D eigenvalue weighted by Crippen LogP contribution is -2.36. The first-order valence-electron chi connectivity index (χ1n) is 6.51. The van der Waals surface area contributed by atoms with Crippen LogP contribution in [0, 0.1) is 10.6 Å². The van der Waals surface area contributed by atoms with Crippen molar-refractivity contribution in [2.45, 2.75) is 47.5 Å². The van der Waals surface area contributed by atoms with Crippen molar-refractivity contribution < 1.29 is 19.1 Å². The molecular weight excluding hydrogens is 248 g/mol. The first-order valence-corrected chi connectivity index (χ1v) is 6.51. The van der Waals surface area contributed by atoms with E-state index < -0.39 is 11.4 Å². The maximum absolute atomic E-state index is 11.6. The van der Waals surface area contributed by atoms with Crippen molar-refractivity contribution in [3.8, 4) is 0 Å². The Morgan fingerprint density at radius 3 is 2.37 bits per heavy atom. The van der Waals surface area contributed by atoms with Crippen LogP contribution in [-0.2, 0) is 9.53 Å². The highest BCUT2D eigenvalue weighted by Crippen LogP contribution is 2.21. The number of hydrogen-bond donors (Lipinski definition) is 1. The second kappa shape index (κ2) is 7.76. The van der Waals surface area contributed by atoms with Crippen molar-refractivity contribution >= 4 is 17.7 Å². The lowest BCUT2D eigenvalue weighted by molar-refractivity contribution is -0.353. The van der Waals surface area contributed by atoms with Crippen molar-refractivity contribution in [1.29, 1.82) is 0 Å². The van der Waals surface area contributed by atoms with Crippen LogP contribution in [0.4, 0.5) is 4.79 Å². The summed E-state index contributed by atoms with van der Waals surface area (Å²) in [6, 6.07) is -0.731. The fourth-order valence-corrected chi connectivity index (χ4v) is 1.03. The summed E-state index contributed by atoms with van der Waals surface area (Å²) in [7, 11) is 0. The molecule has 0 aliphatic heterocycles. The van der Waals surface area contributed by atoms with Crippen molar-refractivity contribution in [3.05, 3.63) is 5.21 Å². The Morgan fingerprint density at radius 2 is 1.89 bits per heavy atom. The van der Waals surface area contributed by atoms with Crippen LogP contribution in [0.3, 0.4) is 0 Å². The van der Waals surface area contributed by atoms with Crippen molar-refractivity contribution in [1.82, 2.24) is 5.32 Å². The van der Waals surface area contributed by atoms with Gasteiger partial charge in [0, 0.05) is 6.42 Å². The number of nitrogens with zero attached hydrogens (tertiary/aromatic N) is 1. The summed E-state index contributed by atoms with van der Waals surface area (Å²) in [6.45, 7) is 9.08. The minimum Gasteiger partial charge on any atom is -0.708 e. The Balaban J connectivity index is 4.07. The molecule has 0 aromatic rings. The number of hydroxylamine groups is 1. The fraction of sp³-hybridized carbons (Fsp3) is 0.769. The fourth-order valence-electron chi connectivity index (χ4n) is 1.03. The van der Waals surface area contributed by atoms with Crippen LogP contribution in [0.5, 0.6) is 0 Å². The topological polar surface area (TPSA) is 81.5 Å². The van der Waals surface area contributed by atoms with Crippen LogP contribution < -0.4 is 5.32 Å². The molecule has 0 fully saturated rings. The average molecular weight is 272 g/mol. The highest BCUT2D eigenvalue weighted by molar-refractivity contribution is 5.83. The van der Waals surface area contributed by atoms with Gasteiger partial charge in [0.2, 0.25) is 0 Å². The average Bonchev–Trinajstić information content (AvgIpc) is 2.40. The monoisotopic (exact) mass is 272 g/mol. The molecule has 0 rings (SSSR count). The molecule has 2 amide bonds. The van der Waals surface area contributed by atoms with Crippen LogP contribution in [0.2, 0.25) is 0 Å². The van der Waals surface area contributed by atoms with Crippen LogP contribution in [0.15, 0.2) is 0 Å². The zero-order valence-corrected chi connectivity index (χ0v) is 12.4. The van der Waals surface area contributed by atoms with E-state index in [2.05, 4.69) is 5.32 Å². The van der Waals surface area contributed by atoms with Gasteiger partial charge in [0.1, 0.15) is 13.2 Å². The van der Waals surface area contributed by atoms with Gasteiger partial charge in [0.15, 0.2) is 0 Å². The molecule has 0 aromatic carbocycles. The molecule has 0 aliphatic rings. The van der Waals surface area contributed by atoms with Crippen molar-refractivity contribution in [2.75, 3.05) is 13.2 Å². The minimum atomic E-state index is -0.731. The first kappa shape index (κ1) is 17.4. The van der Waals surface area contributed by atoms with Gasteiger partial charge in [0.05, 0.1) is 11.1 Å². The molecule has 19 heavy (non-hydrogen) atoms. The Bertz CT molecular complexity index is 362. The van der Waals surface area contributed by atoms with Crippen molar-refractivity contribution in [3.63, 3.8) is 0 Å². The number of carbonyl (C=O) groups excluding carboxylic acids is 2. The van der Waals surface area contributed by atoms with E-state index in [0.717, 1.165) is 0 Å². The van der Waals surface area contributed by atoms with E-state index in [-0.39, 0.29) is 19.1 Å². The molecule has 0 spiro atoms. The maximum atomic E-state index is 11.6. The molecule has 0 heterocycles. The predicted molar refractivity (Wildman–Crippen MR) is 73.0 cm³/mol. The number of amides is 2. The molecule has 6 nitrogen and oxygen atoms in total. The zero-order valence-electron chi connectivity index (χ0n) is 12.4. The van der Waals surface area contributed by atoms with Gasteiger partial charge in [-0.1, -0.05) is 13.8 Å². The predicted octanol–water partition coefficient (Wildman–Crippen LogP) is 2.06. The highest BCUT2D eigenvalue weighted by Gasteiger charge is 2.27. The summed E-state index contributed by atoms with van der Waals surface area (Å²) >= 11 is 0. The molecule has 0 atom stereocenters. The molecule has 0 saturated heterocycles. The molecule has 0 saturated carbocycles. The molecule has 110 valence electrons. The summed E-state index contributed by atoms with van der Waals surface area (Å²) < 4.78 is 5.35. The number of esters is 1. The summed E-state index contributed by atoms with van der Waals surface area (Å²) in [5.74, 6) is -0.306. The van der Waals surface area contributed by atoms with Crippen LogP contribution >= 0.6 is 0 Å². The van der Waals surface area contributed by atoms with E-state index in [1.807, 2.05) is 6.92 Å². The first-order chi connectivity index (χ1) is 8.76. The molecule has 0 unspecified atom stereocenters. The van der Waals surface area contributed by atoms with Gasteiger partial charge in [-0.15, -0.1) is 0 Å². The van der Waals surface area contributed by atoms with Crippen molar-refractivity contribution in [2.24, 2.45) is 5.41 Å². The lowest BCUT2D eigenvalue weighted by Gasteiger charge is -2.19. The van der Waals surface area contributed by atoms with Gasteiger partial charge < -0.3 is 9.94 Å². The van der Waals surface area contributed by atoms with Gasteiger partial charge in [-0.05, 0) is 27.2 Å². The number of carbonyl (C=O) groups is 2. The smallest absolute Gasteiger partial charge is 0.494 e. The number of nitrogens with one attached hydrogen (secondary N) is 1. The third-order valence-corrected chi connectivity index (χ3v) is 3.09. The SMILES string of the molecule is CC/C(C)=[N+](\[O-])C(=O)NCCOC(=O)C(C)(C)CC. The third-order valence-electron chi connectivity index (χ3n) is 3.09. The van der Waals surface area contributed by atoms with Crippen LogP contribution in [0.1, 0.15) is 47.5 Å². The number of rotatable bonds is 6. The molecule has 0 radical (unpaired) electrons. The van der Waals surface area contributed by atoms with E-state index >= 15 is 0 Å². The van der Waals surface area contributed by atoms with E-state index in [4.69, 9.17) is 4.74 Å². The number of hydrogen-bond acceptors (Lipinski definition) is 4. The molecule has 6 heteroatoms. The molecule has 0 aromatic heterocycles. The molecule has 0 bridgehead atoms. The second-order valence-electron chi connectivity index (χ2n) is 4.99. The number of ether oxygens (including phenoxy) is 1. The molecule has 0 aliphatic carbocycles. The Labute approximate surface area is 114 Å². The van der Waals surface area contributed by atoms with Gasteiger partial charge in [-0.25, -0.2) is 10.1 Å². The summed E-state index contributed by atoms with van der Waals surface area (Å²) in [5, 5.41) is 13.8. The van der Waals surface area contributed by atoms with E-state index in [9.17, 15) is 14.8 Å². The Morgan fingerprint density at radius 1 is 1.32 bits per heavy atom. The second-order valence-corrected chi connectivity index (χ2v) is 4.99. The highest BCUT2D eigenvalue weighted by atomic mass is 16.5. The zero-order chi connectivity index (χ0) is 15.1. The Kier molecular flexibility index (Phi) is 7.11. The molecule has 1 N–H and O–H groups in total. The van der Waals surface area contributed by atoms with E-state index in [1.54, 1.807) is 27.7 Å². The normalized spacial score (nSPS) is 12.7. The standard InChI is InChI=1S/C13H24N2O4/c1-6-10(3)15(18)12(17)14-8-9-19-11(16)13(4,5)7-2/h6-9H2,1-5H3,(H,14,17)/b15-10-. The summed E-state index contributed by atoms with van der Waals surface area (Å²) in [4.78, 5) is 23.0. The van der Waals surface area contributed by atoms with Gasteiger partial charge in [-0.2, -0.15) is 4.79 Å². The van der Waals surface area contributed by atoms with Crippen LogP contribution in [-0.4, -0.2) is 35.6 Å². The quantitative estimate of drug-likeness (QED) is 0.200. The minimum absolute atomic E-state index is 0.0625. The Hall–Kier alpha value is -1.59. The largest absolute Gasteiger partial charge is 0.708 e. The third kappa shape index (κ3) is 5.72.